The molecule has 2 aromatic carbocycles. The molecule has 0 aliphatic carbocycles. The molecule has 3 aromatic rings. The van der Waals surface area contributed by atoms with Crippen LogP contribution in [-0.4, -0.2) is 22.3 Å². The van der Waals surface area contributed by atoms with Crippen molar-refractivity contribution < 1.29 is 13.6 Å². The zero-order valence-electron chi connectivity index (χ0n) is 14.7. The van der Waals surface area contributed by atoms with Gasteiger partial charge in [-0.25, -0.2) is 9.37 Å². The molecular weight excluding hydrogens is 331 g/mol. The van der Waals surface area contributed by atoms with E-state index in [1.165, 1.54) is 6.07 Å². The van der Waals surface area contributed by atoms with Crippen LogP contribution < -0.4 is 0 Å². The molecule has 0 bridgehead atoms. The van der Waals surface area contributed by atoms with Gasteiger partial charge in [0.1, 0.15) is 17.4 Å². The number of fused-ring (bicyclic) bond motifs is 1. The SMILES string of the molecule is CCCC(=O)N1CCCC1c1nc2cc(-c3ccccc3F)ccc2o1. The predicted octanol–water partition coefficient (Wildman–Crippen LogP) is 5.10. The lowest BCUT2D eigenvalue weighted by molar-refractivity contribution is -0.132. The number of aromatic nitrogens is 1. The quantitative estimate of drug-likeness (QED) is 0.656. The minimum atomic E-state index is -0.261. The van der Waals surface area contributed by atoms with Gasteiger partial charge in [0.05, 0.1) is 0 Å². The monoisotopic (exact) mass is 352 g/mol. The van der Waals surface area contributed by atoms with Gasteiger partial charge in [0, 0.05) is 18.5 Å². The van der Waals surface area contributed by atoms with Crippen LogP contribution in [-0.2, 0) is 4.79 Å². The van der Waals surface area contributed by atoms with Gasteiger partial charge in [-0.2, -0.15) is 0 Å². The summed E-state index contributed by atoms with van der Waals surface area (Å²) in [7, 11) is 0. The highest BCUT2D eigenvalue weighted by molar-refractivity contribution is 5.81. The Morgan fingerprint density at radius 2 is 2.15 bits per heavy atom. The largest absolute Gasteiger partial charge is 0.438 e. The highest BCUT2D eigenvalue weighted by Crippen LogP contribution is 2.35. The van der Waals surface area contributed by atoms with Gasteiger partial charge in [0.25, 0.3) is 0 Å². The second kappa shape index (κ2) is 6.90. The number of likely N-dealkylation sites (tertiary alicyclic amines) is 1. The van der Waals surface area contributed by atoms with E-state index in [2.05, 4.69) is 4.98 Å². The number of nitrogens with zero attached hydrogens (tertiary/aromatic N) is 2. The van der Waals surface area contributed by atoms with E-state index in [1.807, 2.05) is 36.1 Å². The lowest BCUT2D eigenvalue weighted by atomic mass is 10.0. The van der Waals surface area contributed by atoms with Crippen LogP contribution in [0, 0.1) is 5.82 Å². The second-order valence-corrected chi connectivity index (χ2v) is 6.71. The maximum absolute atomic E-state index is 14.1. The first-order valence-corrected chi connectivity index (χ1v) is 9.12. The fourth-order valence-corrected chi connectivity index (χ4v) is 3.63. The van der Waals surface area contributed by atoms with Crippen molar-refractivity contribution in [3.05, 3.63) is 54.2 Å². The molecule has 134 valence electrons. The van der Waals surface area contributed by atoms with Crippen molar-refractivity contribution in [1.29, 1.82) is 0 Å². The predicted molar refractivity (Wildman–Crippen MR) is 98.0 cm³/mol. The summed E-state index contributed by atoms with van der Waals surface area (Å²) >= 11 is 0. The van der Waals surface area contributed by atoms with E-state index in [4.69, 9.17) is 4.42 Å². The molecule has 4 nitrogen and oxygen atoms in total. The first-order valence-electron chi connectivity index (χ1n) is 9.12. The summed E-state index contributed by atoms with van der Waals surface area (Å²) in [5, 5.41) is 0. The zero-order valence-corrected chi connectivity index (χ0v) is 14.7. The van der Waals surface area contributed by atoms with E-state index in [9.17, 15) is 9.18 Å². The molecule has 1 unspecified atom stereocenters. The summed E-state index contributed by atoms with van der Waals surface area (Å²) in [5.74, 6) is 0.472. The topological polar surface area (TPSA) is 46.3 Å². The molecule has 0 saturated carbocycles. The van der Waals surface area contributed by atoms with E-state index >= 15 is 0 Å². The van der Waals surface area contributed by atoms with Gasteiger partial charge in [-0.3, -0.25) is 4.79 Å². The van der Waals surface area contributed by atoms with Gasteiger partial charge < -0.3 is 9.32 Å². The highest BCUT2D eigenvalue weighted by Gasteiger charge is 2.33. The van der Waals surface area contributed by atoms with Crippen LogP contribution in [0.1, 0.15) is 44.5 Å². The van der Waals surface area contributed by atoms with Crippen molar-refractivity contribution in [3.63, 3.8) is 0 Å². The van der Waals surface area contributed by atoms with Gasteiger partial charge in [-0.05, 0) is 43.0 Å². The molecule has 4 rings (SSSR count). The van der Waals surface area contributed by atoms with Gasteiger partial charge in [-0.15, -0.1) is 0 Å². The van der Waals surface area contributed by atoms with Crippen molar-refractivity contribution >= 4 is 17.0 Å². The number of carbonyl (C=O) groups is 1. The first kappa shape index (κ1) is 16.8. The highest BCUT2D eigenvalue weighted by atomic mass is 19.1. The molecule has 1 amide bonds. The molecule has 1 atom stereocenters. The summed E-state index contributed by atoms with van der Waals surface area (Å²) in [4.78, 5) is 18.8. The van der Waals surface area contributed by atoms with Crippen molar-refractivity contribution in [2.45, 2.75) is 38.6 Å². The third-order valence-corrected chi connectivity index (χ3v) is 4.91. The lowest BCUT2D eigenvalue weighted by Crippen LogP contribution is -2.30. The molecule has 1 fully saturated rings. The van der Waals surface area contributed by atoms with Crippen LogP contribution in [0.15, 0.2) is 46.9 Å². The maximum Gasteiger partial charge on any atom is 0.223 e. The van der Waals surface area contributed by atoms with E-state index in [0.717, 1.165) is 31.4 Å². The molecule has 1 aliphatic heterocycles. The Bertz CT molecular complexity index is 950. The molecule has 26 heavy (non-hydrogen) atoms. The molecule has 1 aromatic heterocycles. The molecule has 0 spiro atoms. The maximum atomic E-state index is 14.1. The molecule has 1 aliphatic rings. The van der Waals surface area contributed by atoms with Gasteiger partial charge in [0.15, 0.2) is 5.58 Å². The van der Waals surface area contributed by atoms with Crippen molar-refractivity contribution in [2.24, 2.45) is 0 Å². The Hall–Kier alpha value is -2.69. The van der Waals surface area contributed by atoms with Gasteiger partial charge in [-0.1, -0.05) is 31.2 Å². The fraction of sp³-hybridized carbons (Fsp3) is 0.333. The first-order chi connectivity index (χ1) is 12.7. The molecule has 2 heterocycles. The van der Waals surface area contributed by atoms with Crippen molar-refractivity contribution in [2.75, 3.05) is 6.54 Å². The van der Waals surface area contributed by atoms with Gasteiger partial charge in [0.2, 0.25) is 11.8 Å². The number of oxazole rings is 1. The number of amides is 1. The Balaban J connectivity index is 1.68. The number of benzene rings is 2. The normalized spacial score (nSPS) is 17.2. The summed E-state index contributed by atoms with van der Waals surface area (Å²) in [6, 6.07) is 12.1. The Morgan fingerprint density at radius 1 is 1.31 bits per heavy atom. The van der Waals surface area contributed by atoms with Crippen LogP contribution in [0.2, 0.25) is 0 Å². The molecule has 5 heteroatoms. The standard InChI is InChI=1S/C21H21FN2O2/c1-2-6-20(25)24-12-5-9-18(24)21-23-17-13-14(10-11-19(17)26-21)15-7-3-4-8-16(15)22/h3-4,7-8,10-11,13,18H,2,5-6,9,12H2,1H3. The second-order valence-electron chi connectivity index (χ2n) is 6.71. The van der Waals surface area contributed by atoms with Crippen LogP contribution in [0.5, 0.6) is 0 Å². The number of hydrogen-bond donors (Lipinski definition) is 0. The van der Waals surface area contributed by atoms with Crippen LogP contribution in [0.4, 0.5) is 4.39 Å². The Labute approximate surface area is 151 Å². The van der Waals surface area contributed by atoms with Crippen LogP contribution in [0.3, 0.4) is 0 Å². The van der Waals surface area contributed by atoms with Crippen molar-refractivity contribution in [1.82, 2.24) is 9.88 Å². The average Bonchev–Trinajstić information content (AvgIpc) is 3.28. The Kier molecular flexibility index (Phi) is 4.45. The molecule has 1 saturated heterocycles. The molecule has 0 N–H and O–H groups in total. The number of carbonyl (C=O) groups excluding carboxylic acids is 1. The van der Waals surface area contributed by atoms with E-state index in [1.54, 1.807) is 12.1 Å². The number of hydrogen-bond acceptors (Lipinski definition) is 3. The van der Waals surface area contributed by atoms with Crippen molar-refractivity contribution in [3.8, 4) is 11.1 Å². The summed E-state index contributed by atoms with van der Waals surface area (Å²) in [6.45, 7) is 2.76. The molecular formula is C21H21FN2O2. The lowest BCUT2D eigenvalue weighted by Gasteiger charge is -2.21. The van der Waals surface area contributed by atoms with E-state index in [0.29, 0.717) is 29.0 Å². The van der Waals surface area contributed by atoms with E-state index < -0.39 is 0 Å². The third kappa shape index (κ3) is 2.98. The molecule has 0 radical (unpaired) electrons. The van der Waals surface area contributed by atoms with Gasteiger partial charge >= 0.3 is 0 Å². The number of rotatable bonds is 4. The van der Waals surface area contributed by atoms with Crippen LogP contribution in [0.25, 0.3) is 22.2 Å². The minimum Gasteiger partial charge on any atom is -0.438 e. The Morgan fingerprint density at radius 3 is 2.96 bits per heavy atom. The average molecular weight is 352 g/mol. The summed E-state index contributed by atoms with van der Waals surface area (Å²) in [5.41, 5.74) is 2.66. The third-order valence-electron chi connectivity index (χ3n) is 4.91. The minimum absolute atomic E-state index is 0.0987. The summed E-state index contributed by atoms with van der Waals surface area (Å²) < 4.78 is 20.0. The summed E-state index contributed by atoms with van der Waals surface area (Å²) in [6.07, 6.45) is 3.21. The van der Waals surface area contributed by atoms with Crippen LogP contribution >= 0.6 is 0 Å². The smallest absolute Gasteiger partial charge is 0.223 e. The zero-order chi connectivity index (χ0) is 18.1. The number of halogens is 1. The fourth-order valence-electron chi connectivity index (χ4n) is 3.63. The van der Waals surface area contributed by atoms with E-state index in [-0.39, 0.29) is 17.8 Å².